The molecule has 0 aliphatic carbocycles. The molecule has 0 bridgehead atoms. The molecule has 1 unspecified atom stereocenters. The molecule has 2 aromatic carbocycles. The van der Waals surface area contributed by atoms with E-state index < -0.39 is 0 Å². The van der Waals surface area contributed by atoms with Crippen LogP contribution in [0.25, 0.3) is 0 Å². The third kappa shape index (κ3) is 10.1. The van der Waals surface area contributed by atoms with Crippen LogP contribution < -0.4 is 11.5 Å². The summed E-state index contributed by atoms with van der Waals surface area (Å²) in [5.74, 6) is 0.415. The number of nitrogens with two attached hydrogens (primary N) is 2. The standard InChI is InChI=1S/C30H46N2O2/c31-27-18-14-25(15-19-27)30(26-16-20-28(32)21-17-26)13-11-9-7-5-3-1-2-4-6-8-10-12-29-24-33-22-23-34-29/h14-21,29-30H,1-13,22-24,31-32H2. The zero-order valence-electron chi connectivity index (χ0n) is 21.1. The lowest BCUT2D eigenvalue weighted by molar-refractivity contribution is -0.0912. The third-order valence-electron chi connectivity index (χ3n) is 7.08. The van der Waals surface area contributed by atoms with Crippen molar-refractivity contribution in [1.29, 1.82) is 0 Å². The quantitative estimate of drug-likeness (QED) is 0.199. The van der Waals surface area contributed by atoms with Crippen molar-refractivity contribution >= 4 is 11.4 Å². The van der Waals surface area contributed by atoms with Crippen LogP contribution in [-0.2, 0) is 9.47 Å². The molecule has 0 aromatic heterocycles. The normalized spacial score (nSPS) is 16.2. The molecule has 0 spiro atoms. The number of rotatable bonds is 16. The highest BCUT2D eigenvalue weighted by molar-refractivity contribution is 5.45. The van der Waals surface area contributed by atoms with Gasteiger partial charge in [0.15, 0.2) is 0 Å². The van der Waals surface area contributed by atoms with E-state index in [1.807, 2.05) is 24.3 Å². The van der Waals surface area contributed by atoms with Gasteiger partial charge in [0.25, 0.3) is 0 Å². The number of hydrogen-bond donors (Lipinski definition) is 2. The van der Waals surface area contributed by atoms with E-state index in [0.29, 0.717) is 12.0 Å². The third-order valence-corrected chi connectivity index (χ3v) is 7.08. The highest BCUT2D eigenvalue weighted by Crippen LogP contribution is 2.31. The summed E-state index contributed by atoms with van der Waals surface area (Å²) in [6, 6.07) is 16.8. The van der Waals surface area contributed by atoms with Gasteiger partial charge in [-0.15, -0.1) is 0 Å². The summed E-state index contributed by atoms with van der Waals surface area (Å²) < 4.78 is 11.2. The predicted molar refractivity (Wildman–Crippen MR) is 144 cm³/mol. The van der Waals surface area contributed by atoms with Gasteiger partial charge in [-0.1, -0.05) is 94.9 Å². The average Bonchev–Trinajstić information content (AvgIpc) is 2.86. The number of hydrogen-bond acceptors (Lipinski definition) is 4. The van der Waals surface area contributed by atoms with Crippen LogP contribution in [0.4, 0.5) is 11.4 Å². The summed E-state index contributed by atoms with van der Waals surface area (Å²) in [5, 5.41) is 0. The van der Waals surface area contributed by atoms with E-state index in [0.717, 1.165) is 37.6 Å². The van der Waals surface area contributed by atoms with Gasteiger partial charge in [-0.25, -0.2) is 0 Å². The van der Waals surface area contributed by atoms with E-state index in [1.54, 1.807) is 0 Å². The Morgan fingerprint density at radius 1 is 0.618 bits per heavy atom. The lowest BCUT2D eigenvalue weighted by Gasteiger charge is -2.22. The Hall–Kier alpha value is -2.04. The molecule has 1 atom stereocenters. The Morgan fingerprint density at radius 2 is 1.09 bits per heavy atom. The monoisotopic (exact) mass is 466 g/mol. The lowest BCUT2D eigenvalue weighted by Crippen LogP contribution is -2.28. The molecule has 2 aromatic rings. The number of ether oxygens (including phenoxy) is 2. The van der Waals surface area contributed by atoms with Gasteiger partial charge in [-0.3, -0.25) is 0 Å². The molecule has 3 rings (SSSR count). The minimum Gasteiger partial charge on any atom is -0.399 e. The van der Waals surface area contributed by atoms with Gasteiger partial charge in [0.2, 0.25) is 0 Å². The van der Waals surface area contributed by atoms with Gasteiger partial charge in [0.1, 0.15) is 0 Å². The molecule has 0 saturated carbocycles. The van der Waals surface area contributed by atoms with E-state index in [1.165, 1.54) is 88.2 Å². The van der Waals surface area contributed by atoms with E-state index in [-0.39, 0.29) is 0 Å². The molecule has 0 radical (unpaired) electrons. The number of nitrogen functional groups attached to an aromatic ring is 2. The maximum Gasteiger partial charge on any atom is 0.0809 e. The van der Waals surface area contributed by atoms with E-state index >= 15 is 0 Å². The first-order chi connectivity index (χ1) is 16.7. The largest absolute Gasteiger partial charge is 0.399 e. The first-order valence-electron chi connectivity index (χ1n) is 13.6. The summed E-state index contributed by atoms with van der Waals surface area (Å²) in [5.41, 5.74) is 16.2. The van der Waals surface area contributed by atoms with E-state index in [4.69, 9.17) is 20.9 Å². The van der Waals surface area contributed by atoms with Crippen molar-refractivity contribution in [3.8, 4) is 0 Å². The predicted octanol–water partition coefficient (Wildman–Crippen LogP) is 7.47. The maximum atomic E-state index is 5.91. The molecule has 188 valence electrons. The van der Waals surface area contributed by atoms with Gasteiger partial charge in [0.05, 0.1) is 25.9 Å². The lowest BCUT2D eigenvalue weighted by atomic mass is 9.86. The van der Waals surface area contributed by atoms with Crippen molar-refractivity contribution < 1.29 is 9.47 Å². The molecule has 1 heterocycles. The van der Waals surface area contributed by atoms with E-state index in [2.05, 4.69) is 24.3 Å². The fourth-order valence-corrected chi connectivity index (χ4v) is 5.00. The molecule has 4 N–H and O–H groups in total. The van der Waals surface area contributed by atoms with Crippen LogP contribution in [-0.4, -0.2) is 25.9 Å². The summed E-state index contributed by atoms with van der Waals surface area (Å²) in [6.45, 7) is 2.34. The molecule has 4 nitrogen and oxygen atoms in total. The first-order valence-corrected chi connectivity index (χ1v) is 13.6. The Kier molecular flexibility index (Phi) is 12.3. The van der Waals surface area contributed by atoms with Crippen LogP contribution in [0.1, 0.15) is 101 Å². The van der Waals surface area contributed by atoms with Crippen LogP contribution in [0.5, 0.6) is 0 Å². The zero-order valence-corrected chi connectivity index (χ0v) is 21.1. The fourth-order valence-electron chi connectivity index (χ4n) is 5.00. The molecular weight excluding hydrogens is 420 g/mol. The summed E-state index contributed by atoms with van der Waals surface area (Å²) >= 11 is 0. The van der Waals surface area contributed by atoms with Crippen LogP contribution in [0.2, 0.25) is 0 Å². The highest BCUT2D eigenvalue weighted by atomic mass is 16.6. The first kappa shape index (κ1) is 26.6. The molecule has 34 heavy (non-hydrogen) atoms. The Labute approximate surface area is 207 Å². The molecule has 1 fully saturated rings. The van der Waals surface area contributed by atoms with Crippen molar-refractivity contribution in [3.63, 3.8) is 0 Å². The van der Waals surface area contributed by atoms with Crippen molar-refractivity contribution in [2.75, 3.05) is 31.3 Å². The molecule has 0 amide bonds. The smallest absolute Gasteiger partial charge is 0.0809 e. The fraction of sp³-hybridized carbons (Fsp3) is 0.600. The maximum absolute atomic E-state index is 5.91. The van der Waals surface area contributed by atoms with Crippen LogP contribution >= 0.6 is 0 Å². The van der Waals surface area contributed by atoms with E-state index in [9.17, 15) is 0 Å². The van der Waals surface area contributed by atoms with Crippen LogP contribution in [0.15, 0.2) is 48.5 Å². The second kappa shape index (κ2) is 15.8. The Balaban J connectivity index is 1.22. The summed E-state index contributed by atoms with van der Waals surface area (Å²) in [6.07, 6.45) is 17.5. The summed E-state index contributed by atoms with van der Waals surface area (Å²) in [7, 11) is 0. The molecule has 1 saturated heterocycles. The topological polar surface area (TPSA) is 70.5 Å². The molecule has 1 aliphatic rings. The van der Waals surface area contributed by atoms with Crippen molar-refractivity contribution in [2.24, 2.45) is 0 Å². The molecular formula is C30H46N2O2. The van der Waals surface area contributed by atoms with Gasteiger partial charge in [-0.2, -0.15) is 0 Å². The number of unbranched alkanes of at least 4 members (excludes halogenated alkanes) is 10. The van der Waals surface area contributed by atoms with Crippen molar-refractivity contribution in [2.45, 2.75) is 95.5 Å². The molecule has 1 aliphatic heterocycles. The van der Waals surface area contributed by atoms with Gasteiger partial charge >= 0.3 is 0 Å². The van der Waals surface area contributed by atoms with Gasteiger partial charge in [-0.05, 0) is 48.2 Å². The van der Waals surface area contributed by atoms with Crippen molar-refractivity contribution in [1.82, 2.24) is 0 Å². The minimum atomic E-state index is 0.349. The van der Waals surface area contributed by atoms with Gasteiger partial charge in [0, 0.05) is 17.3 Å². The Bertz CT molecular complexity index is 724. The van der Waals surface area contributed by atoms with Crippen LogP contribution in [0.3, 0.4) is 0 Å². The second-order valence-corrected chi connectivity index (χ2v) is 9.92. The van der Waals surface area contributed by atoms with Crippen LogP contribution in [0, 0.1) is 0 Å². The number of benzene rings is 2. The molecule has 4 heteroatoms. The average molecular weight is 467 g/mol. The zero-order chi connectivity index (χ0) is 23.8. The SMILES string of the molecule is Nc1ccc(C(CCCCCCCCCCCCCC2COCCO2)c2ccc(N)cc2)cc1. The minimum absolute atomic E-state index is 0.349. The second-order valence-electron chi connectivity index (χ2n) is 9.92. The van der Waals surface area contributed by atoms with Gasteiger partial charge < -0.3 is 20.9 Å². The Morgan fingerprint density at radius 3 is 1.56 bits per heavy atom. The highest BCUT2D eigenvalue weighted by Gasteiger charge is 2.14. The van der Waals surface area contributed by atoms with Crippen molar-refractivity contribution in [3.05, 3.63) is 59.7 Å². The summed E-state index contributed by atoms with van der Waals surface area (Å²) in [4.78, 5) is 0. The number of anilines is 2.